The minimum atomic E-state index is -1.30. The molecule has 322 valence electrons. The standard InChI is InChI=1S/C51H53NO10/c1-3-28-56-46-45(35-55-30-36-18-8-5-9-19-36)62-50(48(59-32-38-22-12-7-13-23-38)47(46)58-31-37-20-10-6-11-21-37)60-34-44(49(53)57-29-4-2)52-51(54)61-33-43-41-26-16-14-24-39(41)40-25-15-17-27-42(40)43/h3-27,43-48,50H,1-2,28-35H2,(H,52,54)/t44-,45+,46-,47-,48+,50-/m0/s1. The number of fused-ring (bicyclic) bond motifs is 3. The molecule has 6 atom stereocenters. The summed E-state index contributed by atoms with van der Waals surface area (Å²) in [4.78, 5) is 27.1. The molecular formula is C51H53NO10. The van der Waals surface area contributed by atoms with Crippen molar-refractivity contribution in [2.24, 2.45) is 0 Å². The van der Waals surface area contributed by atoms with Gasteiger partial charge in [-0.15, -0.1) is 6.58 Å². The highest BCUT2D eigenvalue weighted by molar-refractivity contribution is 5.82. The molecule has 62 heavy (non-hydrogen) atoms. The van der Waals surface area contributed by atoms with Gasteiger partial charge in [0.15, 0.2) is 12.3 Å². The van der Waals surface area contributed by atoms with Crippen molar-refractivity contribution in [1.82, 2.24) is 5.32 Å². The molecule has 5 aromatic rings. The normalized spacial score (nSPS) is 19.7. The zero-order valence-electron chi connectivity index (χ0n) is 34.6. The lowest BCUT2D eigenvalue weighted by Crippen LogP contribution is -2.62. The fraction of sp³-hybridized carbons (Fsp3) is 0.294. The molecule has 1 amide bonds. The van der Waals surface area contributed by atoms with Gasteiger partial charge in [0.25, 0.3) is 0 Å². The zero-order chi connectivity index (χ0) is 42.9. The monoisotopic (exact) mass is 839 g/mol. The van der Waals surface area contributed by atoms with Crippen molar-refractivity contribution in [2.45, 2.75) is 62.5 Å². The lowest BCUT2D eigenvalue weighted by atomic mass is 9.98. The summed E-state index contributed by atoms with van der Waals surface area (Å²) in [6.45, 7) is 8.20. The molecule has 1 aliphatic heterocycles. The first kappa shape index (κ1) is 44.1. The summed E-state index contributed by atoms with van der Waals surface area (Å²) < 4.78 is 50.4. The molecule has 2 aliphatic rings. The van der Waals surface area contributed by atoms with E-state index in [-0.39, 0.29) is 52.2 Å². The van der Waals surface area contributed by atoms with Crippen molar-refractivity contribution in [3.63, 3.8) is 0 Å². The van der Waals surface area contributed by atoms with Crippen molar-refractivity contribution >= 4 is 12.1 Å². The Labute approximate surface area is 363 Å². The van der Waals surface area contributed by atoms with E-state index in [4.69, 9.17) is 37.9 Å². The number of esters is 1. The van der Waals surface area contributed by atoms with Crippen molar-refractivity contribution in [1.29, 1.82) is 0 Å². The lowest BCUT2D eigenvalue weighted by molar-refractivity contribution is -0.326. The number of hydrogen-bond acceptors (Lipinski definition) is 10. The van der Waals surface area contributed by atoms with Gasteiger partial charge in [-0.25, -0.2) is 9.59 Å². The molecule has 0 radical (unpaired) electrons. The van der Waals surface area contributed by atoms with Gasteiger partial charge < -0.3 is 43.2 Å². The van der Waals surface area contributed by atoms with Crippen LogP contribution in [0.1, 0.15) is 33.7 Å². The molecule has 1 heterocycles. The Hall–Kier alpha value is -5.92. The van der Waals surface area contributed by atoms with E-state index in [2.05, 4.69) is 30.6 Å². The number of ether oxygens (including phenoxy) is 8. The second-order valence-electron chi connectivity index (χ2n) is 14.9. The minimum Gasteiger partial charge on any atom is -0.460 e. The van der Waals surface area contributed by atoms with Crippen LogP contribution in [-0.2, 0) is 62.5 Å². The average Bonchev–Trinajstić information content (AvgIpc) is 3.64. The summed E-state index contributed by atoms with van der Waals surface area (Å²) in [6, 6.07) is 44.1. The number of hydrogen-bond donors (Lipinski definition) is 1. The average molecular weight is 840 g/mol. The Bertz CT molecular complexity index is 2140. The van der Waals surface area contributed by atoms with Crippen molar-refractivity contribution in [2.75, 3.05) is 33.0 Å². The van der Waals surface area contributed by atoms with Crippen LogP contribution in [0.25, 0.3) is 11.1 Å². The van der Waals surface area contributed by atoms with Gasteiger partial charge in [-0.1, -0.05) is 158 Å². The van der Waals surface area contributed by atoms with Crippen LogP contribution in [0.15, 0.2) is 165 Å². The van der Waals surface area contributed by atoms with E-state index >= 15 is 0 Å². The van der Waals surface area contributed by atoms with Gasteiger partial charge in [-0.2, -0.15) is 0 Å². The van der Waals surface area contributed by atoms with E-state index in [9.17, 15) is 9.59 Å². The largest absolute Gasteiger partial charge is 0.460 e. The molecule has 1 aliphatic carbocycles. The van der Waals surface area contributed by atoms with Crippen LogP contribution in [0, 0.1) is 0 Å². The summed E-state index contributed by atoms with van der Waals surface area (Å²) in [6.07, 6.45) is -1.91. The molecule has 0 spiro atoms. The maximum Gasteiger partial charge on any atom is 0.407 e. The maximum atomic E-state index is 13.6. The smallest absolute Gasteiger partial charge is 0.407 e. The van der Waals surface area contributed by atoms with E-state index < -0.39 is 48.8 Å². The third kappa shape index (κ3) is 11.7. The molecule has 0 bridgehead atoms. The van der Waals surface area contributed by atoms with Gasteiger partial charge in [-0.05, 0) is 38.9 Å². The second-order valence-corrected chi connectivity index (χ2v) is 14.9. The number of amides is 1. The van der Waals surface area contributed by atoms with Crippen LogP contribution >= 0.6 is 0 Å². The molecule has 0 aromatic heterocycles. The molecule has 11 nitrogen and oxygen atoms in total. The Morgan fingerprint density at radius 1 is 0.581 bits per heavy atom. The third-order valence-corrected chi connectivity index (χ3v) is 10.7. The molecule has 7 rings (SSSR count). The maximum absolute atomic E-state index is 13.6. The fourth-order valence-electron chi connectivity index (χ4n) is 7.68. The van der Waals surface area contributed by atoms with E-state index in [1.807, 2.05) is 127 Å². The molecule has 0 saturated carbocycles. The Kier molecular flexibility index (Phi) is 16.2. The van der Waals surface area contributed by atoms with Gasteiger partial charge in [0.05, 0.1) is 39.6 Å². The van der Waals surface area contributed by atoms with E-state index in [0.29, 0.717) is 6.61 Å². The number of carbonyl (C=O) groups excluding carboxylic acids is 2. The number of carbonyl (C=O) groups is 2. The highest BCUT2D eigenvalue weighted by Gasteiger charge is 2.49. The summed E-state index contributed by atoms with van der Waals surface area (Å²) in [5.41, 5.74) is 7.15. The highest BCUT2D eigenvalue weighted by atomic mass is 16.7. The molecule has 0 unspecified atom stereocenters. The van der Waals surface area contributed by atoms with Crippen LogP contribution in [-0.4, -0.2) is 81.8 Å². The van der Waals surface area contributed by atoms with Crippen molar-refractivity contribution in [3.05, 3.63) is 193 Å². The SMILES string of the molecule is C=CCOC(=O)[C@H](CO[C@H]1O[C@H](COCc2ccccc2)[C@H](OCC=C)[C@H](OCc2ccccc2)[C@H]1OCc1ccccc1)NC(=O)OCC1c2ccccc2-c2ccccc21. The first-order chi connectivity index (χ1) is 30.5. The lowest BCUT2D eigenvalue weighted by Gasteiger charge is -2.46. The van der Waals surface area contributed by atoms with Gasteiger partial charge in [0, 0.05) is 5.92 Å². The quantitative estimate of drug-likeness (QED) is 0.0539. The summed E-state index contributed by atoms with van der Waals surface area (Å²) in [5.74, 6) is -0.929. The van der Waals surface area contributed by atoms with Crippen LogP contribution in [0.5, 0.6) is 0 Å². The molecule has 11 heteroatoms. The number of nitrogens with one attached hydrogen (secondary N) is 1. The van der Waals surface area contributed by atoms with E-state index in [0.717, 1.165) is 38.9 Å². The van der Waals surface area contributed by atoms with Crippen LogP contribution < -0.4 is 5.32 Å². The van der Waals surface area contributed by atoms with Crippen LogP contribution in [0.3, 0.4) is 0 Å². The molecule has 1 fully saturated rings. The number of alkyl carbamates (subject to hydrolysis) is 1. The van der Waals surface area contributed by atoms with E-state index in [1.165, 1.54) is 6.08 Å². The summed E-state index contributed by atoms with van der Waals surface area (Å²) >= 11 is 0. The number of benzene rings is 5. The second kappa shape index (κ2) is 22.8. The summed E-state index contributed by atoms with van der Waals surface area (Å²) in [7, 11) is 0. The molecule has 1 N–H and O–H groups in total. The molecule has 1 saturated heterocycles. The third-order valence-electron chi connectivity index (χ3n) is 10.7. The van der Waals surface area contributed by atoms with E-state index in [1.54, 1.807) is 6.08 Å². The molecular weight excluding hydrogens is 787 g/mol. The topological polar surface area (TPSA) is 120 Å². The van der Waals surface area contributed by atoms with Crippen molar-refractivity contribution in [3.8, 4) is 11.1 Å². The van der Waals surface area contributed by atoms with Gasteiger partial charge in [-0.3, -0.25) is 0 Å². The van der Waals surface area contributed by atoms with Crippen LogP contribution in [0.4, 0.5) is 4.79 Å². The zero-order valence-corrected chi connectivity index (χ0v) is 34.6. The van der Waals surface area contributed by atoms with Gasteiger partial charge >= 0.3 is 12.1 Å². The highest BCUT2D eigenvalue weighted by Crippen LogP contribution is 2.44. The first-order valence-electron chi connectivity index (χ1n) is 20.8. The molecule has 5 aromatic carbocycles. The Morgan fingerprint density at radius 2 is 1.11 bits per heavy atom. The summed E-state index contributed by atoms with van der Waals surface area (Å²) in [5, 5.41) is 2.69. The predicted molar refractivity (Wildman–Crippen MR) is 234 cm³/mol. The number of rotatable bonds is 22. The minimum absolute atomic E-state index is 0.0491. The predicted octanol–water partition coefficient (Wildman–Crippen LogP) is 8.32. The fourth-order valence-corrected chi connectivity index (χ4v) is 7.68. The Balaban J connectivity index is 1.12. The van der Waals surface area contributed by atoms with Crippen molar-refractivity contribution < 1.29 is 47.5 Å². The van der Waals surface area contributed by atoms with Gasteiger partial charge in [0.2, 0.25) is 0 Å². The van der Waals surface area contributed by atoms with Crippen LogP contribution in [0.2, 0.25) is 0 Å². The Morgan fingerprint density at radius 3 is 1.69 bits per heavy atom. The first-order valence-corrected chi connectivity index (χ1v) is 20.8. The van der Waals surface area contributed by atoms with Gasteiger partial charge in [0.1, 0.15) is 37.6 Å².